The molecule has 18 heavy (non-hydrogen) atoms. The third-order valence-corrected chi connectivity index (χ3v) is 4.94. The maximum Gasteiger partial charge on any atom is 0.136 e. The first-order valence-corrected chi connectivity index (χ1v) is 7.71. The summed E-state index contributed by atoms with van der Waals surface area (Å²) in [5.74, 6) is 2.44. The van der Waals surface area contributed by atoms with Gasteiger partial charge in [-0.25, -0.2) is 9.97 Å². The van der Waals surface area contributed by atoms with E-state index in [0.29, 0.717) is 5.92 Å². The van der Waals surface area contributed by atoms with Crippen LogP contribution < -0.4 is 0 Å². The van der Waals surface area contributed by atoms with Crippen LogP contribution in [0.25, 0.3) is 0 Å². The van der Waals surface area contributed by atoms with E-state index in [1.807, 2.05) is 0 Å². The predicted octanol–water partition coefficient (Wildman–Crippen LogP) is 4.30. The highest BCUT2D eigenvalue weighted by atomic mass is 35.5. The number of fused-ring (bicyclic) bond motifs is 1. The molecule has 0 aliphatic heterocycles. The lowest BCUT2D eigenvalue weighted by molar-refractivity contribution is 0.307. The fourth-order valence-electron chi connectivity index (χ4n) is 3.48. The SMILES string of the molecule is CCC1CCCC(c2nc(Cl)c3c(n2)CCC3)C1. The minimum Gasteiger partial charge on any atom is -0.237 e. The molecule has 98 valence electrons. The zero-order valence-corrected chi connectivity index (χ0v) is 11.8. The number of aromatic nitrogens is 2. The summed E-state index contributed by atoms with van der Waals surface area (Å²) in [4.78, 5) is 9.40. The van der Waals surface area contributed by atoms with Crippen molar-refractivity contribution in [2.75, 3.05) is 0 Å². The Hall–Kier alpha value is -0.630. The molecule has 0 saturated heterocycles. The molecule has 2 aliphatic rings. The van der Waals surface area contributed by atoms with Crippen molar-refractivity contribution in [3.63, 3.8) is 0 Å². The van der Waals surface area contributed by atoms with Gasteiger partial charge in [-0.2, -0.15) is 0 Å². The summed E-state index contributed by atoms with van der Waals surface area (Å²) in [6, 6.07) is 0. The number of nitrogens with zero attached hydrogens (tertiary/aromatic N) is 2. The van der Waals surface area contributed by atoms with Crippen LogP contribution in [0.3, 0.4) is 0 Å². The molecule has 2 aliphatic carbocycles. The van der Waals surface area contributed by atoms with Gasteiger partial charge in [0.15, 0.2) is 0 Å². The van der Waals surface area contributed by atoms with Crippen molar-refractivity contribution in [2.24, 2.45) is 5.92 Å². The highest BCUT2D eigenvalue weighted by Crippen LogP contribution is 2.37. The second-order valence-electron chi connectivity index (χ2n) is 5.79. The van der Waals surface area contributed by atoms with Crippen LogP contribution in [0.1, 0.15) is 68.4 Å². The van der Waals surface area contributed by atoms with E-state index in [9.17, 15) is 0 Å². The number of aryl methyl sites for hydroxylation is 1. The summed E-state index contributed by atoms with van der Waals surface area (Å²) in [5, 5.41) is 0.728. The van der Waals surface area contributed by atoms with Crippen LogP contribution in [0.4, 0.5) is 0 Å². The van der Waals surface area contributed by atoms with Gasteiger partial charge in [0.05, 0.1) is 0 Å². The second-order valence-corrected chi connectivity index (χ2v) is 6.15. The largest absolute Gasteiger partial charge is 0.237 e. The fourth-order valence-corrected chi connectivity index (χ4v) is 3.77. The topological polar surface area (TPSA) is 25.8 Å². The predicted molar refractivity (Wildman–Crippen MR) is 74.1 cm³/mol. The van der Waals surface area contributed by atoms with Crippen LogP contribution in [0.5, 0.6) is 0 Å². The molecule has 1 aromatic rings. The molecule has 0 radical (unpaired) electrons. The molecule has 3 heteroatoms. The summed E-state index contributed by atoms with van der Waals surface area (Å²) >= 11 is 6.31. The number of hydrogen-bond acceptors (Lipinski definition) is 2. The Kier molecular flexibility index (Phi) is 3.56. The number of halogens is 1. The molecule has 1 saturated carbocycles. The van der Waals surface area contributed by atoms with E-state index in [0.717, 1.165) is 29.7 Å². The molecule has 0 N–H and O–H groups in total. The minimum absolute atomic E-state index is 0.548. The normalized spacial score (nSPS) is 27.2. The van der Waals surface area contributed by atoms with E-state index in [4.69, 9.17) is 16.6 Å². The van der Waals surface area contributed by atoms with Gasteiger partial charge in [-0.1, -0.05) is 37.8 Å². The Labute approximate surface area is 114 Å². The van der Waals surface area contributed by atoms with Gasteiger partial charge in [0.25, 0.3) is 0 Å². The highest BCUT2D eigenvalue weighted by molar-refractivity contribution is 6.30. The number of hydrogen-bond donors (Lipinski definition) is 0. The maximum atomic E-state index is 6.31. The molecule has 0 bridgehead atoms. The first-order valence-electron chi connectivity index (χ1n) is 7.33. The molecule has 1 heterocycles. The van der Waals surface area contributed by atoms with E-state index < -0.39 is 0 Å². The summed E-state index contributed by atoms with van der Waals surface area (Å²) < 4.78 is 0. The van der Waals surface area contributed by atoms with Crippen molar-refractivity contribution in [3.05, 3.63) is 22.2 Å². The van der Waals surface area contributed by atoms with Crippen LogP contribution in [-0.4, -0.2) is 9.97 Å². The monoisotopic (exact) mass is 264 g/mol. The quantitative estimate of drug-likeness (QED) is 0.744. The molecular weight excluding hydrogens is 244 g/mol. The summed E-state index contributed by atoms with van der Waals surface area (Å²) in [7, 11) is 0. The van der Waals surface area contributed by atoms with Crippen LogP contribution in [0.2, 0.25) is 5.15 Å². The molecule has 2 atom stereocenters. The first-order chi connectivity index (χ1) is 8.78. The first kappa shape index (κ1) is 12.4. The van der Waals surface area contributed by atoms with Crippen LogP contribution >= 0.6 is 11.6 Å². The zero-order valence-electron chi connectivity index (χ0n) is 11.1. The van der Waals surface area contributed by atoms with Crippen molar-refractivity contribution in [3.8, 4) is 0 Å². The van der Waals surface area contributed by atoms with Crippen molar-refractivity contribution < 1.29 is 0 Å². The van der Waals surface area contributed by atoms with Gasteiger partial charge >= 0.3 is 0 Å². The summed E-state index contributed by atoms with van der Waals surface area (Å²) in [6.07, 6.45) is 9.83. The van der Waals surface area contributed by atoms with Crippen LogP contribution in [0.15, 0.2) is 0 Å². The molecular formula is C15H21ClN2. The smallest absolute Gasteiger partial charge is 0.136 e. The van der Waals surface area contributed by atoms with Gasteiger partial charge in [-0.05, 0) is 38.0 Å². The molecule has 2 unspecified atom stereocenters. The standard InChI is InChI=1S/C15H21ClN2/c1-2-10-5-3-6-11(9-10)15-17-13-8-4-7-12(13)14(16)18-15/h10-11H,2-9H2,1H3. The Bertz CT molecular complexity index is 444. The van der Waals surface area contributed by atoms with Gasteiger partial charge < -0.3 is 0 Å². The lowest BCUT2D eigenvalue weighted by Crippen LogP contribution is -2.16. The summed E-state index contributed by atoms with van der Waals surface area (Å²) in [6.45, 7) is 2.30. The van der Waals surface area contributed by atoms with Crippen molar-refractivity contribution in [1.29, 1.82) is 0 Å². The molecule has 3 rings (SSSR count). The highest BCUT2D eigenvalue weighted by Gasteiger charge is 2.26. The van der Waals surface area contributed by atoms with E-state index in [1.165, 1.54) is 49.8 Å². The Morgan fingerprint density at radius 3 is 2.89 bits per heavy atom. The van der Waals surface area contributed by atoms with E-state index >= 15 is 0 Å². The molecule has 1 aromatic heterocycles. The van der Waals surface area contributed by atoms with E-state index in [2.05, 4.69) is 11.9 Å². The average molecular weight is 265 g/mol. The third-order valence-electron chi connectivity index (χ3n) is 4.63. The van der Waals surface area contributed by atoms with E-state index in [-0.39, 0.29) is 0 Å². The van der Waals surface area contributed by atoms with Crippen LogP contribution in [-0.2, 0) is 12.8 Å². The van der Waals surface area contributed by atoms with Gasteiger partial charge in [-0.15, -0.1) is 0 Å². The molecule has 1 fully saturated rings. The Balaban J connectivity index is 1.86. The third kappa shape index (κ3) is 2.27. The van der Waals surface area contributed by atoms with Crippen LogP contribution in [0, 0.1) is 5.92 Å². The van der Waals surface area contributed by atoms with Crippen molar-refractivity contribution in [1.82, 2.24) is 9.97 Å². The number of rotatable bonds is 2. The average Bonchev–Trinajstić information content (AvgIpc) is 2.87. The van der Waals surface area contributed by atoms with Gasteiger partial charge in [-0.3, -0.25) is 0 Å². The Morgan fingerprint density at radius 2 is 2.06 bits per heavy atom. The van der Waals surface area contributed by atoms with Gasteiger partial charge in [0.1, 0.15) is 11.0 Å². The van der Waals surface area contributed by atoms with Crippen molar-refractivity contribution in [2.45, 2.75) is 64.2 Å². The lowest BCUT2D eigenvalue weighted by atomic mass is 9.80. The maximum absolute atomic E-state index is 6.31. The molecule has 0 aromatic carbocycles. The minimum atomic E-state index is 0.548. The summed E-state index contributed by atoms with van der Waals surface area (Å²) in [5.41, 5.74) is 2.44. The molecule has 0 amide bonds. The Morgan fingerprint density at radius 1 is 1.17 bits per heavy atom. The lowest BCUT2D eigenvalue weighted by Gasteiger charge is -2.27. The molecule has 2 nitrogen and oxygen atoms in total. The van der Waals surface area contributed by atoms with Gasteiger partial charge in [0, 0.05) is 17.2 Å². The zero-order chi connectivity index (χ0) is 12.5. The van der Waals surface area contributed by atoms with E-state index in [1.54, 1.807) is 0 Å². The molecule has 0 spiro atoms. The van der Waals surface area contributed by atoms with Crippen molar-refractivity contribution >= 4 is 11.6 Å². The van der Waals surface area contributed by atoms with Gasteiger partial charge in [0.2, 0.25) is 0 Å². The second kappa shape index (κ2) is 5.16. The fraction of sp³-hybridized carbons (Fsp3) is 0.733.